The quantitative estimate of drug-likeness (QED) is 0.499. The highest BCUT2D eigenvalue weighted by molar-refractivity contribution is 6.30. The van der Waals surface area contributed by atoms with E-state index in [1.165, 1.54) is 0 Å². The highest BCUT2D eigenvalue weighted by atomic mass is 15.4. The van der Waals surface area contributed by atoms with Gasteiger partial charge in [0.1, 0.15) is 7.85 Å². The van der Waals surface area contributed by atoms with E-state index in [4.69, 9.17) is 13.6 Å². The van der Waals surface area contributed by atoms with Crippen LogP contribution in [0, 0.1) is 6.92 Å². The second-order valence-corrected chi connectivity index (χ2v) is 3.13. The fourth-order valence-corrected chi connectivity index (χ4v) is 1.33. The molecule has 0 saturated heterocycles. The fourth-order valence-electron chi connectivity index (χ4n) is 1.33. The Hall–Kier alpha value is -1.78. The lowest BCUT2D eigenvalue weighted by Gasteiger charge is -2.05. The van der Waals surface area contributed by atoms with Gasteiger partial charge < -0.3 is 5.73 Å². The number of hydrogen-bond donors (Lipinski definition) is 1. The van der Waals surface area contributed by atoms with Crippen LogP contribution >= 0.6 is 0 Å². The summed E-state index contributed by atoms with van der Waals surface area (Å²) in [5.41, 5.74) is 8.75. The Labute approximate surface area is 83.1 Å². The van der Waals surface area contributed by atoms with E-state index >= 15 is 0 Å². The van der Waals surface area contributed by atoms with Gasteiger partial charge in [0.25, 0.3) is 0 Å². The van der Waals surface area contributed by atoms with Crippen molar-refractivity contribution in [2.75, 3.05) is 5.73 Å². The van der Waals surface area contributed by atoms with Gasteiger partial charge in [0, 0.05) is 17.5 Å². The third-order valence-electron chi connectivity index (χ3n) is 1.98. The highest BCUT2D eigenvalue weighted by Gasteiger charge is 2.02. The molecule has 1 aromatic carbocycles. The fraction of sp³-hybridized carbons (Fsp3) is 0.111. The zero-order valence-corrected chi connectivity index (χ0v) is 7.81. The number of benzene rings is 1. The second kappa shape index (κ2) is 3.18. The summed E-state index contributed by atoms with van der Waals surface area (Å²) in [6.07, 6.45) is 1.67. The Bertz CT molecular complexity index is 464. The molecule has 0 aliphatic carbocycles. The Kier molecular flexibility index (Phi) is 2.00. The van der Waals surface area contributed by atoms with Crippen LogP contribution < -0.4 is 11.3 Å². The van der Waals surface area contributed by atoms with E-state index in [9.17, 15) is 0 Å². The molecule has 2 N–H and O–H groups in total. The molecule has 68 valence electrons. The van der Waals surface area contributed by atoms with Gasteiger partial charge in [-0.2, -0.15) is 0 Å². The van der Waals surface area contributed by atoms with Crippen molar-refractivity contribution in [3.8, 4) is 5.69 Å². The third-order valence-corrected chi connectivity index (χ3v) is 1.98. The van der Waals surface area contributed by atoms with Crippen molar-refractivity contribution in [2.45, 2.75) is 6.92 Å². The molecule has 0 bridgehead atoms. The minimum atomic E-state index is 0.404. The molecule has 0 atom stereocenters. The van der Waals surface area contributed by atoms with Gasteiger partial charge in [-0.15, -0.1) is 5.10 Å². The number of aryl methyl sites for hydroxylation is 1. The predicted molar refractivity (Wildman–Crippen MR) is 55.9 cm³/mol. The average molecular weight is 184 g/mol. The van der Waals surface area contributed by atoms with Crippen LogP contribution in [0.15, 0.2) is 24.4 Å². The topological polar surface area (TPSA) is 56.7 Å². The van der Waals surface area contributed by atoms with E-state index in [1.807, 2.05) is 25.1 Å². The lowest BCUT2D eigenvalue weighted by atomic mass is 10.1. The van der Waals surface area contributed by atoms with Crippen LogP contribution in [0.2, 0.25) is 0 Å². The van der Waals surface area contributed by atoms with Gasteiger partial charge in [-0.1, -0.05) is 5.21 Å². The van der Waals surface area contributed by atoms with Gasteiger partial charge in [0.2, 0.25) is 0 Å². The molecule has 1 heterocycles. The maximum absolute atomic E-state index is 5.64. The van der Waals surface area contributed by atoms with Crippen LogP contribution in [-0.4, -0.2) is 22.8 Å². The van der Waals surface area contributed by atoms with Crippen molar-refractivity contribution >= 4 is 19.1 Å². The SMILES string of the molecule is [B]c1cn(-c2ccc(N)cc2C)nn1. The number of hydrogen-bond acceptors (Lipinski definition) is 3. The van der Waals surface area contributed by atoms with E-state index in [-0.39, 0.29) is 0 Å². The Morgan fingerprint density at radius 3 is 2.79 bits per heavy atom. The molecule has 2 radical (unpaired) electrons. The van der Waals surface area contributed by atoms with E-state index in [2.05, 4.69) is 10.3 Å². The first kappa shape index (κ1) is 8.81. The van der Waals surface area contributed by atoms with Gasteiger partial charge in [0.05, 0.1) is 5.69 Å². The summed E-state index contributed by atoms with van der Waals surface area (Å²) in [5, 5.41) is 7.59. The monoisotopic (exact) mass is 184 g/mol. The minimum absolute atomic E-state index is 0.404. The number of rotatable bonds is 1. The number of anilines is 1. The highest BCUT2D eigenvalue weighted by Crippen LogP contribution is 2.14. The molecule has 0 spiro atoms. The first-order valence-electron chi connectivity index (χ1n) is 4.21. The van der Waals surface area contributed by atoms with Crippen LogP contribution in [0.3, 0.4) is 0 Å². The number of aromatic nitrogens is 3. The Morgan fingerprint density at radius 1 is 1.43 bits per heavy atom. The zero-order valence-electron chi connectivity index (χ0n) is 7.81. The van der Waals surface area contributed by atoms with Crippen LogP contribution in [0.25, 0.3) is 5.69 Å². The van der Waals surface area contributed by atoms with E-state index in [1.54, 1.807) is 10.9 Å². The summed E-state index contributed by atoms with van der Waals surface area (Å²) in [6.45, 7) is 1.96. The summed E-state index contributed by atoms with van der Waals surface area (Å²) < 4.78 is 1.63. The summed E-state index contributed by atoms with van der Waals surface area (Å²) in [7, 11) is 5.48. The van der Waals surface area contributed by atoms with Crippen molar-refractivity contribution in [1.82, 2.24) is 15.0 Å². The molecule has 5 heteroatoms. The first-order chi connectivity index (χ1) is 6.66. The molecular weight excluding hydrogens is 175 g/mol. The Balaban J connectivity index is 2.52. The number of nitrogens with two attached hydrogens (primary N) is 1. The predicted octanol–water partition coefficient (Wildman–Crippen LogP) is -0.0483. The molecule has 0 saturated carbocycles. The average Bonchev–Trinajstić information content (AvgIpc) is 2.51. The van der Waals surface area contributed by atoms with Crippen molar-refractivity contribution in [1.29, 1.82) is 0 Å². The summed E-state index contributed by atoms with van der Waals surface area (Å²) in [6, 6.07) is 5.59. The lowest BCUT2D eigenvalue weighted by molar-refractivity contribution is 0.800. The molecule has 0 aliphatic rings. The third kappa shape index (κ3) is 1.48. The maximum Gasteiger partial charge on any atom is 0.146 e. The second-order valence-electron chi connectivity index (χ2n) is 3.13. The van der Waals surface area contributed by atoms with Crippen molar-refractivity contribution in [3.05, 3.63) is 30.0 Å². The zero-order chi connectivity index (χ0) is 10.1. The van der Waals surface area contributed by atoms with Gasteiger partial charge in [-0.25, -0.2) is 4.68 Å². The smallest absolute Gasteiger partial charge is 0.146 e. The van der Waals surface area contributed by atoms with E-state index in [0.717, 1.165) is 16.9 Å². The van der Waals surface area contributed by atoms with Crippen LogP contribution in [-0.2, 0) is 0 Å². The van der Waals surface area contributed by atoms with Crippen molar-refractivity contribution in [2.24, 2.45) is 0 Å². The van der Waals surface area contributed by atoms with Gasteiger partial charge in [0.15, 0.2) is 0 Å². The number of nitrogen functional groups attached to an aromatic ring is 1. The molecule has 0 aliphatic heterocycles. The molecule has 0 amide bonds. The molecule has 1 aromatic heterocycles. The summed E-state index contributed by atoms with van der Waals surface area (Å²) >= 11 is 0. The molecule has 2 aromatic rings. The van der Waals surface area contributed by atoms with E-state index < -0.39 is 0 Å². The van der Waals surface area contributed by atoms with Crippen molar-refractivity contribution < 1.29 is 0 Å². The molecular formula is C9H9BN4. The standard InChI is InChI=1S/C9H9BN4/c1-6-4-7(11)2-3-8(6)14-5-9(10)12-13-14/h2-5H,11H2,1H3. The molecule has 0 fully saturated rings. The molecule has 14 heavy (non-hydrogen) atoms. The lowest BCUT2D eigenvalue weighted by Crippen LogP contribution is -2.01. The van der Waals surface area contributed by atoms with Crippen LogP contribution in [0.1, 0.15) is 5.56 Å². The van der Waals surface area contributed by atoms with Gasteiger partial charge >= 0.3 is 0 Å². The number of nitrogens with zero attached hydrogens (tertiary/aromatic N) is 3. The largest absolute Gasteiger partial charge is 0.399 e. The van der Waals surface area contributed by atoms with E-state index in [0.29, 0.717) is 5.59 Å². The molecule has 0 unspecified atom stereocenters. The molecule has 2 rings (SSSR count). The van der Waals surface area contributed by atoms with Crippen LogP contribution in [0.5, 0.6) is 0 Å². The summed E-state index contributed by atoms with van der Waals surface area (Å²) in [4.78, 5) is 0. The first-order valence-corrected chi connectivity index (χ1v) is 4.21. The van der Waals surface area contributed by atoms with Crippen LogP contribution in [0.4, 0.5) is 5.69 Å². The maximum atomic E-state index is 5.64. The summed E-state index contributed by atoms with van der Waals surface area (Å²) in [5.74, 6) is 0. The van der Waals surface area contributed by atoms with Gasteiger partial charge in [-0.3, -0.25) is 0 Å². The van der Waals surface area contributed by atoms with Gasteiger partial charge in [-0.05, 0) is 30.7 Å². The van der Waals surface area contributed by atoms with Crippen molar-refractivity contribution in [3.63, 3.8) is 0 Å². The normalized spacial score (nSPS) is 10.4. The molecule has 4 nitrogen and oxygen atoms in total. The Morgan fingerprint density at radius 2 is 2.21 bits per heavy atom. The minimum Gasteiger partial charge on any atom is -0.399 e.